The first-order valence-electron chi connectivity index (χ1n) is 6.07. The molecular weight excluding hydrogens is 274 g/mol. The molecule has 0 atom stereocenters. The summed E-state index contributed by atoms with van der Waals surface area (Å²) in [5.74, 6) is 0. The minimum Gasteiger partial charge on any atom is -0.306 e. The zero-order chi connectivity index (χ0) is 14.4. The van der Waals surface area contributed by atoms with Crippen LogP contribution in [0.5, 0.6) is 0 Å². The maximum atomic E-state index is 11.7. The molecule has 102 valence electrons. The van der Waals surface area contributed by atoms with Crippen molar-refractivity contribution in [2.24, 2.45) is 5.10 Å². The lowest BCUT2D eigenvalue weighted by Gasteiger charge is -2.06. The lowest BCUT2D eigenvalue weighted by atomic mass is 10.2. The Morgan fingerprint density at radius 1 is 1.15 bits per heavy atom. The molecule has 0 heterocycles. The number of halogens is 1. The van der Waals surface area contributed by atoms with Crippen molar-refractivity contribution in [1.82, 2.24) is 5.43 Å². The summed E-state index contributed by atoms with van der Waals surface area (Å²) < 4.78 is 0. The van der Waals surface area contributed by atoms with Gasteiger partial charge in [-0.15, -0.1) is 0 Å². The summed E-state index contributed by atoms with van der Waals surface area (Å²) in [6.07, 6.45) is 1.50. The van der Waals surface area contributed by atoms with Crippen molar-refractivity contribution in [3.05, 3.63) is 64.7 Å². The zero-order valence-corrected chi connectivity index (χ0v) is 11.7. The Bertz CT molecular complexity index is 641. The van der Waals surface area contributed by atoms with Crippen LogP contribution in [0.15, 0.2) is 53.6 Å². The number of rotatable bonds is 3. The Balaban J connectivity index is 1.93. The van der Waals surface area contributed by atoms with Crippen LogP contribution in [0.4, 0.5) is 10.5 Å². The number of carbonyl (C=O) groups excluding carboxylic acids is 1. The molecule has 2 amide bonds. The van der Waals surface area contributed by atoms with Gasteiger partial charge >= 0.3 is 6.03 Å². The summed E-state index contributed by atoms with van der Waals surface area (Å²) in [6.45, 7) is 1.92. The number of nitrogens with one attached hydrogen (secondary N) is 2. The normalized spacial score (nSPS) is 10.5. The molecule has 5 heteroatoms. The van der Waals surface area contributed by atoms with Gasteiger partial charge in [0, 0.05) is 16.3 Å². The second-order valence-corrected chi connectivity index (χ2v) is 4.57. The molecule has 0 fully saturated rings. The van der Waals surface area contributed by atoms with Crippen LogP contribution >= 0.6 is 11.6 Å². The third-order valence-electron chi connectivity index (χ3n) is 2.67. The molecule has 2 aromatic rings. The van der Waals surface area contributed by atoms with Gasteiger partial charge in [0.1, 0.15) is 0 Å². The van der Waals surface area contributed by atoms with Crippen molar-refractivity contribution in [1.29, 1.82) is 0 Å². The molecule has 4 nitrogen and oxygen atoms in total. The Morgan fingerprint density at radius 3 is 2.60 bits per heavy atom. The molecule has 2 N–H and O–H groups in total. The number of hydrogen-bond donors (Lipinski definition) is 2. The molecule has 0 aromatic heterocycles. The number of amides is 2. The van der Waals surface area contributed by atoms with Crippen molar-refractivity contribution in [2.75, 3.05) is 5.32 Å². The fourth-order valence-electron chi connectivity index (χ4n) is 1.60. The van der Waals surface area contributed by atoms with Gasteiger partial charge in [-0.25, -0.2) is 10.2 Å². The average molecular weight is 288 g/mol. The number of benzene rings is 2. The van der Waals surface area contributed by atoms with Crippen LogP contribution in [0.1, 0.15) is 11.1 Å². The Morgan fingerprint density at radius 2 is 1.85 bits per heavy atom. The first-order valence-corrected chi connectivity index (χ1v) is 6.45. The van der Waals surface area contributed by atoms with Gasteiger partial charge in [-0.1, -0.05) is 48.0 Å². The summed E-state index contributed by atoms with van der Waals surface area (Å²) >= 11 is 5.97. The summed E-state index contributed by atoms with van der Waals surface area (Å²) in [4.78, 5) is 11.7. The number of anilines is 1. The molecule has 0 saturated heterocycles. The SMILES string of the molecule is Cc1ccccc1NC(=O)NN=Cc1ccccc1Cl. The van der Waals surface area contributed by atoms with Crippen LogP contribution in [0.2, 0.25) is 5.02 Å². The maximum absolute atomic E-state index is 11.7. The van der Waals surface area contributed by atoms with E-state index >= 15 is 0 Å². The lowest BCUT2D eigenvalue weighted by molar-refractivity contribution is 0.252. The van der Waals surface area contributed by atoms with E-state index in [-0.39, 0.29) is 0 Å². The van der Waals surface area contributed by atoms with Crippen LogP contribution in [0.3, 0.4) is 0 Å². The third kappa shape index (κ3) is 3.83. The number of para-hydroxylation sites is 1. The molecule has 0 radical (unpaired) electrons. The van der Waals surface area contributed by atoms with Gasteiger partial charge < -0.3 is 5.32 Å². The summed E-state index contributed by atoms with van der Waals surface area (Å²) in [5.41, 5.74) is 4.87. The van der Waals surface area contributed by atoms with Gasteiger partial charge in [0.2, 0.25) is 0 Å². The smallest absolute Gasteiger partial charge is 0.306 e. The second kappa shape index (κ2) is 6.73. The fraction of sp³-hybridized carbons (Fsp3) is 0.0667. The first kappa shape index (κ1) is 14.1. The van der Waals surface area contributed by atoms with E-state index in [0.717, 1.165) is 16.8 Å². The van der Waals surface area contributed by atoms with Crippen molar-refractivity contribution in [2.45, 2.75) is 6.92 Å². The number of hydrogen-bond acceptors (Lipinski definition) is 2. The molecule has 0 aliphatic heterocycles. The molecule has 0 spiro atoms. The number of hydrazone groups is 1. The van der Waals surface area contributed by atoms with Crippen molar-refractivity contribution in [3.63, 3.8) is 0 Å². The van der Waals surface area contributed by atoms with Crippen LogP contribution in [-0.2, 0) is 0 Å². The van der Waals surface area contributed by atoms with E-state index in [1.165, 1.54) is 6.21 Å². The monoisotopic (exact) mass is 287 g/mol. The highest BCUT2D eigenvalue weighted by molar-refractivity contribution is 6.33. The largest absolute Gasteiger partial charge is 0.339 e. The van der Waals surface area contributed by atoms with E-state index in [1.807, 2.05) is 49.4 Å². The summed E-state index contributed by atoms with van der Waals surface area (Å²) in [6, 6.07) is 14.4. The fourth-order valence-corrected chi connectivity index (χ4v) is 1.79. The molecule has 0 aliphatic rings. The molecule has 0 saturated carbocycles. The number of nitrogens with zero attached hydrogens (tertiary/aromatic N) is 1. The molecule has 20 heavy (non-hydrogen) atoms. The minimum atomic E-state index is -0.400. The van der Waals surface area contributed by atoms with Crippen molar-refractivity contribution < 1.29 is 4.79 Å². The first-order chi connectivity index (χ1) is 9.66. The Hall–Kier alpha value is -2.33. The molecule has 0 unspecified atom stereocenters. The highest BCUT2D eigenvalue weighted by Gasteiger charge is 2.02. The quantitative estimate of drug-likeness (QED) is 0.655. The van der Waals surface area contributed by atoms with Crippen LogP contribution < -0.4 is 10.7 Å². The van der Waals surface area contributed by atoms with Gasteiger partial charge in [-0.2, -0.15) is 5.10 Å². The Kier molecular flexibility index (Phi) is 4.74. The van der Waals surface area contributed by atoms with Crippen LogP contribution in [0.25, 0.3) is 0 Å². The van der Waals surface area contributed by atoms with E-state index in [0.29, 0.717) is 5.02 Å². The third-order valence-corrected chi connectivity index (χ3v) is 3.01. The number of urea groups is 1. The van der Waals surface area contributed by atoms with Crippen LogP contribution in [-0.4, -0.2) is 12.2 Å². The molecule has 2 aromatic carbocycles. The standard InChI is InChI=1S/C15H14ClN3O/c1-11-6-2-5-9-14(11)18-15(20)19-17-10-12-7-3-4-8-13(12)16/h2-10H,1H3,(H2,18,19,20). The number of carbonyl (C=O) groups is 1. The van der Waals surface area contributed by atoms with E-state index in [2.05, 4.69) is 15.8 Å². The Labute approximate surface area is 122 Å². The zero-order valence-electron chi connectivity index (χ0n) is 10.9. The number of aryl methyl sites for hydroxylation is 1. The van der Waals surface area contributed by atoms with E-state index in [4.69, 9.17) is 11.6 Å². The van der Waals surface area contributed by atoms with Gasteiger partial charge in [0.05, 0.1) is 6.21 Å². The average Bonchev–Trinajstić information content (AvgIpc) is 2.43. The van der Waals surface area contributed by atoms with E-state index < -0.39 is 6.03 Å². The van der Waals surface area contributed by atoms with Crippen molar-refractivity contribution in [3.8, 4) is 0 Å². The highest BCUT2D eigenvalue weighted by Crippen LogP contribution is 2.13. The topological polar surface area (TPSA) is 53.5 Å². The summed E-state index contributed by atoms with van der Waals surface area (Å²) in [5, 5.41) is 7.15. The van der Waals surface area contributed by atoms with Crippen LogP contribution in [0, 0.1) is 6.92 Å². The van der Waals surface area contributed by atoms with Gasteiger partial charge in [0.15, 0.2) is 0 Å². The van der Waals surface area contributed by atoms with Gasteiger partial charge in [0.25, 0.3) is 0 Å². The van der Waals surface area contributed by atoms with E-state index in [9.17, 15) is 4.79 Å². The van der Waals surface area contributed by atoms with Crippen molar-refractivity contribution >= 4 is 29.5 Å². The predicted octanol–water partition coefficient (Wildman–Crippen LogP) is 3.80. The lowest BCUT2D eigenvalue weighted by Crippen LogP contribution is -2.24. The molecular formula is C15H14ClN3O. The van der Waals surface area contributed by atoms with Gasteiger partial charge in [-0.05, 0) is 24.6 Å². The highest BCUT2D eigenvalue weighted by atomic mass is 35.5. The summed E-state index contributed by atoms with van der Waals surface area (Å²) in [7, 11) is 0. The molecule has 2 rings (SSSR count). The molecule has 0 aliphatic carbocycles. The molecule has 0 bridgehead atoms. The minimum absolute atomic E-state index is 0.400. The van der Waals surface area contributed by atoms with E-state index in [1.54, 1.807) is 6.07 Å². The predicted molar refractivity (Wildman–Crippen MR) is 82.4 cm³/mol. The second-order valence-electron chi connectivity index (χ2n) is 4.16. The maximum Gasteiger partial charge on any atom is 0.339 e. The van der Waals surface area contributed by atoms with Gasteiger partial charge in [-0.3, -0.25) is 0 Å².